The summed E-state index contributed by atoms with van der Waals surface area (Å²) in [4.78, 5) is 13.0. The lowest BCUT2D eigenvalue weighted by Gasteiger charge is -2.06. The molecule has 3 aromatic rings. The maximum atomic E-state index is 12.0. The van der Waals surface area contributed by atoms with Gasteiger partial charge in [-0.15, -0.1) is 22.0 Å². The number of amides is 1. The van der Waals surface area contributed by atoms with Crippen molar-refractivity contribution in [2.24, 2.45) is 0 Å². The molecule has 116 valence electrons. The van der Waals surface area contributed by atoms with Crippen molar-refractivity contribution in [3.8, 4) is 0 Å². The van der Waals surface area contributed by atoms with Crippen LogP contribution in [0.3, 0.4) is 0 Å². The molecule has 2 N–H and O–H groups in total. The van der Waals surface area contributed by atoms with Crippen LogP contribution < -0.4 is 5.32 Å². The van der Waals surface area contributed by atoms with Crippen molar-refractivity contribution < 1.29 is 4.79 Å². The number of hydrogen-bond acceptors (Lipinski definition) is 5. The summed E-state index contributed by atoms with van der Waals surface area (Å²) in [6, 6.07) is 17.5. The van der Waals surface area contributed by atoms with Crippen molar-refractivity contribution >= 4 is 23.4 Å². The number of benzene rings is 2. The van der Waals surface area contributed by atoms with Gasteiger partial charge in [-0.1, -0.05) is 35.5 Å². The van der Waals surface area contributed by atoms with Gasteiger partial charge in [0.05, 0.1) is 5.75 Å². The highest BCUT2D eigenvalue weighted by atomic mass is 32.2. The number of carbonyl (C=O) groups excluding carboxylic acids is 1. The molecule has 2 aromatic carbocycles. The van der Waals surface area contributed by atoms with Crippen LogP contribution in [0.1, 0.15) is 11.4 Å². The van der Waals surface area contributed by atoms with Gasteiger partial charge in [0.1, 0.15) is 0 Å². The number of hydrogen-bond donors (Lipinski definition) is 2. The lowest BCUT2D eigenvalue weighted by Crippen LogP contribution is -2.13. The van der Waals surface area contributed by atoms with E-state index in [0.717, 1.165) is 16.1 Å². The molecule has 0 atom stereocenters. The molecule has 0 aliphatic carbocycles. The summed E-state index contributed by atoms with van der Waals surface area (Å²) in [6.07, 6.45) is 0.606. The quantitative estimate of drug-likeness (QED) is 0.680. The van der Waals surface area contributed by atoms with E-state index < -0.39 is 0 Å². The summed E-state index contributed by atoms with van der Waals surface area (Å²) in [7, 11) is 0. The molecule has 7 heteroatoms. The van der Waals surface area contributed by atoms with Crippen LogP contribution >= 0.6 is 11.8 Å². The molecular formula is C16H15N5OS. The van der Waals surface area contributed by atoms with Gasteiger partial charge in [-0.05, 0) is 29.8 Å². The molecule has 0 fully saturated rings. The van der Waals surface area contributed by atoms with Crippen LogP contribution in [0.4, 0.5) is 5.69 Å². The fourth-order valence-corrected chi connectivity index (χ4v) is 2.73. The number of nitrogens with zero attached hydrogens (tertiary/aromatic N) is 3. The third-order valence-corrected chi connectivity index (χ3v) is 4.11. The highest BCUT2D eigenvalue weighted by molar-refractivity contribution is 8.00. The summed E-state index contributed by atoms with van der Waals surface area (Å²) >= 11 is 1.51. The van der Waals surface area contributed by atoms with Gasteiger partial charge in [0.2, 0.25) is 5.91 Å². The van der Waals surface area contributed by atoms with Crippen molar-refractivity contribution in [3.05, 3.63) is 66.0 Å². The molecule has 3 rings (SSSR count). The Bertz CT molecular complexity index is 744. The van der Waals surface area contributed by atoms with Crippen LogP contribution in [-0.2, 0) is 11.2 Å². The number of aromatic nitrogens is 4. The molecule has 1 aromatic heterocycles. The van der Waals surface area contributed by atoms with Gasteiger partial charge in [-0.3, -0.25) is 4.79 Å². The zero-order valence-electron chi connectivity index (χ0n) is 12.3. The minimum atomic E-state index is -0.0234. The maximum absolute atomic E-state index is 12.0. The van der Waals surface area contributed by atoms with E-state index in [1.54, 1.807) is 0 Å². The van der Waals surface area contributed by atoms with Crippen LogP contribution in [-0.4, -0.2) is 32.3 Å². The Balaban J connectivity index is 1.50. The number of aromatic amines is 1. The predicted molar refractivity (Wildman–Crippen MR) is 89.2 cm³/mol. The van der Waals surface area contributed by atoms with Gasteiger partial charge >= 0.3 is 0 Å². The van der Waals surface area contributed by atoms with E-state index in [-0.39, 0.29) is 5.91 Å². The average molecular weight is 325 g/mol. The van der Waals surface area contributed by atoms with Crippen molar-refractivity contribution in [2.75, 3.05) is 11.1 Å². The monoisotopic (exact) mass is 325 g/mol. The molecule has 0 radical (unpaired) electrons. The van der Waals surface area contributed by atoms with Crippen molar-refractivity contribution in [1.82, 2.24) is 20.6 Å². The number of H-pyrrole nitrogens is 1. The highest BCUT2D eigenvalue weighted by Gasteiger charge is 2.05. The third kappa shape index (κ3) is 4.65. The van der Waals surface area contributed by atoms with Gasteiger partial charge in [0, 0.05) is 17.0 Å². The van der Waals surface area contributed by atoms with Gasteiger partial charge in [-0.25, -0.2) is 0 Å². The molecule has 0 bridgehead atoms. The van der Waals surface area contributed by atoms with Gasteiger partial charge in [0.25, 0.3) is 0 Å². The second kappa shape index (κ2) is 7.55. The SMILES string of the molecule is O=C(CSc1ccccc1)Nc1ccc(Cc2nn[nH]n2)cc1. The lowest BCUT2D eigenvalue weighted by atomic mass is 10.1. The molecule has 0 unspecified atom stereocenters. The third-order valence-electron chi connectivity index (χ3n) is 3.10. The minimum absolute atomic E-state index is 0.0234. The molecule has 0 aliphatic rings. The topological polar surface area (TPSA) is 83.6 Å². The van der Waals surface area contributed by atoms with Crippen molar-refractivity contribution in [2.45, 2.75) is 11.3 Å². The number of anilines is 1. The Hall–Kier alpha value is -2.67. The summed E-state index contributed by atoms with van der Waals surface area (Å²) in [5.74, 6) is 1.00. The fraction of sp³-hybridized carbons (Fsp3) is 0.125. The Morgan fingerprint density at radius 1 is 1.09 bits per heavy atom. The zero-order valence-corrected chi connectivity index (χ0v) is 13.1. The van der Waals surface area contributed by atoms with Gasteiger partial charge in [-0.2, -0.15) is 5.21 Å². The van der Waals surface area contributed by atoms with E-state index in [9.17, 15) is 4.79 Å². The molecule has 0 aliphatic heterocycles. The van der Waals surface area contributed by atoms with Crippen molar-refractivity contribution in [1.29, 1.82) is 0 Å². The molecule has 0 saturated heterocycles. The zero-order chi connectivity index (χ0) is 15.9. The van der Waals surface area contributed by atoms with E-state index in [1.807, 2.05) is 54.6 Å². The van der Waals surface area contributed by atoms with E-state index >= 15 is 0 Å². The molecule has 1 amide bonds. The van der Waals surface area contributed by atoms with Gasteiger partial charge in [0.15, 0.2) is 5.82 Å². The Morgan fingerprint density at radius 2 is 1.87 bits per heavy atom. The second-order valence-corrected chi connectivity index (χ2v) is 5.90. The van der Waals surface area contributed by atoms with E-state index in [1.165, 1.54) is 11.8 Å². The van der Waals surface area contributed by atoms with E-state index in [2.05, 4.69) is 25.9 Å². The number of carbonyl (C=O) groups is 1. The Labute approximate surface area is 137 Å². The first kappa shape index (κ1) is 15.2. The normalized spacial score (nSPS) is 10.4. The summed E-state index contributed by atoms with van der Waals surface area (Å²) in [5, 5.41) is 16.7. The van der Waals surface area contributed by atoms with Crippen LogP contribution in [0.25, 0.3) is 0 Å². The molecule has 23 heavy (non-hydrogen) atoms. The first-order valence-electron chi connectivity index (χ1n) is 7.08. The Kier molecular flexibility index (Phi) is 5.00. The number of nitrogens with one attached hydrogen (secondary N) is 2. The maximum Gasteiger partial charge on any atom is 0.234 e. The largest absolute Gasteiger partial charge is 0.325 e. The van der Waals surface area contributed by atoms with E-state index in [4.69, 9.17) is 0 Å². The molecule has 6 nitrogen and oxygen atoms in total. The van der Waals surface area contributed by atoms with Crippen LogP contribution in [0, 0.1) is 0 Å². The molecule has 0 saturated carbocycles. The average Bonchev–Trinajstić information content (AvgIpc) is 3.09. The van der Waals surface area contributed by atoms with Gasteiger partial charge < -0.3 is 5.32 Å². The first-order chi connectivity index (χ1) is 11.3. The molecule has 1 heterocycles. The highest BCUT2D eigenvalue weighted by Crippen LogP contribution is 2.17. The fourth-order valence-electron chi connectivity index (χ4n) is 2.01. The number of tetrazole rings is 1. The van der Waals surface area contributed by atoms with Crippen LogP contribution in [0.15, 0.2) is 59.5 Å². The standard InChI is InChI=1S/C16H15N5OS/c22-16(11-23-14-4-2-1-3-5-14)17-13-8-6-12(7-9-13)10-15-18-20-21-19-15/h1-9H,10-11H2,(H,17,22)(H,18,19,20,21). The summed E-state index contributed by atoms with van der Waals surface area (Å²) < 4.78 is 0. The van der Waals surface area contributed by atoms with Crippen molar-refractivity contribution in [3.63, 3.8) is 0 Å². The number of thioether (sulfide) groups is 1. The molecular weight excluding hydrogens is 310 g/mol. The lowest BCUT2D eigenvalue weighted by molar-refractivity contribution is -0.113. The molecule has 0 spiro atoms. The Morgan fingerprint density at radius 3 is 2.57 bits per heavy atom. The predicted octanol–water partition coefficient (Wildman–Crippen LogP) is 2.52. The minimum Gasteiger partial charge on any atom is -0.325 e. The summed E-state index contributed by atoms with van der Waals surface area (Å²) in [5.41, 5.74) is 1.84. The summed E-state index contributed by atoms with van der Waals surface area (Å²) in [6.45, 7) is 0. The number of rotatable bonds is 6. The second-order valence-electron chi connectivity index (χ2n) is 4.85. The van der Waals surface area contributed by atoms with Crippen LogP contribution in [0.2, 0.25) is 0 Å². The first-order valence-corrected chi connectivity index (χ1v) is 8.07. The van der Waals surface area contributed by atoms with E-state index in [0.29, 0.717) is 18.0 Å². The van der Waals surface area contributed by atoms with Crippen LogP contribution in [0.5, 0.6) is 0 Å². The smallest absolute Gasteiger partial charge is 0.234 e.